The van der Waals surface area contributed by atoms with Crippen LogP contribution in [0, 0.1) is 5.92 Å². The number of benzene rings is 1. The van der Waals surface area contributed by atoms with Gasteiger partial charge >= 0.3 is 5.97 Å². The van der Waals surface area contributed by atoms with Crippen molar-refractivity contribution in [1.29, 1.82) is 0 Å². The fourth-order valence-corrected chi connectivity index (χ4v) is 3.19. The number of carboxylic acids is 1. The van der Waals surface area contributed by atoms with E-state index >= 15 is 0 Å². The summed E-state index contributed by atoms with van der Waals surface area (Å²) >= 11 is 6.16. The minimum Gasteiger partial charge on any atom is -0.478 e. The second-order valence-corrected chi connectivity index (χ2v) is 6.77. The third kappa shape index (κ3) is 3.62. The Hall–Kier alpha value is -2.67. The smallest absolute Gasteiger partial charge is 0.337 e. The van der Waals surface area contributed by atoms with Crippen LogP contribution in [0.5, 0.6) is 0 Å². The third-order valence-electron chi connectivity index (χ3n) is 4.08. The van der Waals surface area contributed by atoms with Crippen molar-refractivity contribution >= 4 is 40.2 Å². The summed E-state index contributed by atoms with van der Waals surface area (Å²) in [5.74, 6) is 0.389. The van der Waals surface area contributed by atoms with Gasteiger partial charge in [0.1, 0.15) is 6.33 Å². The van der Waals surface area contributed by atoms with Gasteiger partial charge in [-0.05, 0) is 24.5 Å². The lowest BCUT2D eigenvalue weighted by Gasteiger charge is -2.18. The highest BCUT2D eigenvalue weighted by molar-refractivity contribution is 6.18. The Balaban J connectivity index is 2.00. The summed E-state index contributed by atoms with van der Waals surface area (Å²) in [5.41, 5.74) is 1.86. The molecule has 0 bridgehead atoms. The van der Waals surface area contributed by atoms with Crippen LogP contribution in [0.3, 0.4) is 0 Å². The van der Waals surface area contributed by atoms with Crippen LogP contribution in [0.4, 0.5) is 11.5 Å². The number of rotatable bonds is 7. The summed E-state index contributed by atoms with van der Waals surface area (Å²) in [7, 11) is 0. The molecule has 1 unspecified atom stereocenters. The number of anilines is 2. The molecule has 2 aromatic heterocycles. The number of alkyl halides is 1. The first kappa shape index (κ1) is 18.1. The first-order valence-electron chi connectivity index (χ1n) is 8.34. The van der Waals surface area contributed by atoms with Crippen LogP contribution >= 0.6 is 11.6 Å². The summed E-state index contributed by atoms with van der Waals surface area (Å²) in [6, 6.07) is 6.74. The SMILES string of the molecule is CC(C)CC(CCl)n1cnc2c(Nc3ccccc3C(=O)O)ncnc21. The van der Waals surface area contributed by atoms with Crippen molar-refractivity contribution in [2.24, 2.45) is 5.92 Å². The minimum atomic E-state index is -1.01. The number of hydrogen-bond donors (Lipinski definition) is 2. The number of hydrogen-bond acceptors (Lipinski definition) is 5. The maximum Gasteiger partial charge on any atom is 0.337 e. The number of aromatic carboxylic acids is 1. The molecule has 0 fully saturated rings. The Morgan fingerprint density at radius 2 is 2.04 bits per heavy atom. The van der Waals surface area contributed by atoms with Crippen molar-refractivity contribution in [3.05, 3.63) is 42.5 Å². The number of imidazole rings is 1. The highest BCUT2D eigenvalue weighted by Crippen LogP contribution is 2.28. The Morgan fingerprint density at radius 3 is 2.73 bits per heavy atom. The van der Waals surface area contributed by atoms with Crippen molar-refractivity contribution < 1.29 is 9.90 Å². The van der Waals surface area contributed by atoms with Gasteiger partial charge in [-0.3, -0.25) is 0 Å². The van der Waals surface area contributed by atoms with E-state index in [2.05, 4.69) is 34.1 Å². The van der Waals surface area contributed by atoms with E-state index in [4.69, 9.17) is 11.6 Å². The van der Waals surface area contributed by atoms with Gasteiger partial charge in [0.25, 0.3) is 0 Å². The molecule has 1 atom stereocenters. The van der Waals surface area contributed by atoms with Crippen molar-refractivity contribution in [1.82, 2.24) is 19.5 Å². The van der Waals surface area contributed by atoms with Gasteiger partial charge in [0.15, 0.2) is 17.0 Å². The van der Waals surface area contributed by atoms with E-state index in [0.29, 0.717) is 34.5 Å². The molecule has 0 saturated heterocycles. The topological polar surface area (TPSA) is 92.9 Å². The molecule has 1 aromatic carbocycles. The lowest BCUT2D eigenvalue weighted by Crippen LogP contribution is -2.13. The van der Waals surface area contributed by atoms with Crippen LogP contribution in [0.25, 0.3) is 11.2 Å². The number of aromatic nitrogens is 4. The van der Waals surface area contributed by atoms with Gasteiger partial charge in [0.05, 0.1) is 23.6 Å². The minimum absolute atomic E-state index is 0.0794. The molecule has 7 nitrogen and oxygen atoms in total. The molecular weight excluding hydrogens is 354 g/mol. The largest absolute Gasteiger partial charge is 0.478 e. The average Bonchev–Trinajstić information content (AvgIpc) is 3.05. The van der Waals surface area contributed by atoms with E-state index in [-0.39, 0.29) is 11.6 Å². The van der Waals surface area contributed by atoms with Crippen LogP contribution in [-0.4, -0.2) is 36.5 Å². The van der Waals surface area contributed by atoms with Crippen molar-refractivity contribution in [3.8, 4) is 0 Å². The van der Waals surface area contributed by atoms with Crippen molar-refractivity contribution in [2.45, 2.75) is 26.3 Å². The van der Waals surface area contributed by atoms with E-state index in [9.17, 15) is 9.90 Å². The van der Waals surface area contributed by atoms with E-state index in [1.165, 1.54) is 12.4 Å². The molecule has 0 aliphatic rings. The predicted molar refractivity (Wildman–Crippen MR) is 101 cm³/mol. The number of carbonyl (C=O) groups is 1. The van der Waals surface area contributed by atoms with Crippen LogP contribution in [0.1, 0.15) is 36.7 Å². The maximum atomic E-state index is 11.4. The number of fused-ring (bicyclic) bond motifs is 1. The average molecular weight is 374 g/mol. The normalized spacial score (nSPS) is 12.5. The fraction of sp³-hybridized carbons (Fsp3) is 0.333. The summed E-state index contributed by atoms with van der Waals surface area (Å²) < 4.78 is 1.96. The van der Waals surface area contributed by atoms with Crippen molar-refractivity contribution in [3.63, 3.8) is 0 Å². The van der Waals surface area contributed by atoms with Crippen molar-refractivity contribution in [2.75, 3.05) is 11.2 Å². The molecule has 0 saturated carbocycles. The molecule has 0 aliphatic heterocycles. The third-order valence-corrected chi connectivity index (χ3v) is 4.44. The monoisotopic (exact) mass is 373 g/mol. The molecule has 0 amide bonds. The zero-order valence-corrected chi connectivity index (χ0v) is 15.3. The van der Waals surface area contributed by atoms with Crippen LogP contribution < -0.4 is 5.32 Å². The van der Waals surface area contributed by atoms with Gasteiger partial charge in [-0.25, -0.2) is 19.7 Å². The molecule has 136 valence electrons. The first-order valence-corrected chi connectivity index (χ1v) is 8.87. The zero-order valence-electron chi connectivity index (χ0n) is 14.6. The predicted octanol–water partition coefficient (Wildman–Crippen LogP) is 4.09. The number of carboxylic acid groups (broad SMARTS) is 1. The second kappa shape index (κ2) is 7.70. The molecule has 26 heavy (non-hydrogen) atoms. The van der Waals surface area contributed by atoms with Gasteiger partial charge in [-0.15, -0.1) is 11.6 Å². The van der Waals surface area contributed by atoms with Crippen LogP contribution in [-0.2, 0) is 0 Å². The number of nitrogens with zero attached hydrogens (tertiary/aromatic N) is 4. The molecule has 8 heteroatoms. The van der Waals surface area contributed by atoms with Crippen LogP contribution in [0.2, 0.25) is 0 Å². The fourth-order valence-electron chi connectivity index (χ4n) is 2.91. The quantitative estimate of drug-likeness (QED) is 0.606. The number of para-hydroxylation sites is 1. The Morgan fingerprint density at radius 1 is 1.27 bits per heavy atom. The Bertz CT molecular complexity index is 925. The van der Waals surface area contributed by atoms with Gasteiger partial charge < -0.3 is 15.0 Å². The second-order valence-electron chi connectivity index (χ2n) is 6.46. The molecule has 3 rings (SSSR count). The van der Waals surface area contributed by atoms with Gasteiger partial charge in [0.2, 0.25) is 0 Å². The summed E-state index contributed by atoms with van der Waals surface area (Å²) in [4.78, 5) is 24.4. The maximum absolute atomic E-state index is 11.4. The molecule has 0 radical (unpaired) electrons. The number of halogens is 1. The first-order chi connectivity index (χ1) is 12.5. The molecule has 0 spiro atoms. The Kier molecular flexibility index (Phi) is 5.37. The molecule has 3 aromatic rings. The van der Waals surface area contributed by atoms with Gasteiger partial charge in [-0.2, -0.15) is 0 Å². The highest BCUT2D eigenvalue weighted by Gasteiger charge is 2.18. The van der Waals surface area contributed by atoms with E-state index in [1.807, 2.05) is 4.57 Å². The Labute approximate surface area is 156 Å². The number of nitrogens with one attached hydrogen (secondary N) is 1. The highest BCUT2D eigenvalue weighted by atomic mass is 35.5. The lowest BCUT2D eigenvalue weighted by atomic mass is 10.1. The van der Waals surface area contributed by atoms with E-state index in [0.717, 1.165) is 6.42 Å². The molecular formula is C18H20ClN5O2. The summed E-state index contributed by atoms with van der Waals surface area (Å²) in [6.45, 7) is 4.28. The lowest BCUT2D eigenvalue weighted by molar-refractivity contribution is 0.0698. The van der Waals surface area contributed by atoms with Crippen LogP contribution in [0.15, 0.2) is 36.9 Å². The molecule has 0 aliphatic carbocycles. The molecule has 2 heterocycles. The summed E-state index contributed by atoms with van der Waals surface area (Å²) in [5, 5.41) is 12.4. The van der Waals surface area contributed by atoms with E-state index < -0.39 is 5.97 Å². The van der Waals surface area contributed by atoms with Gasteiger partial charge in [0, 0.05) is 5.88 Å². The standard InChI is InChI=1S/C18H20ClN5O2/c1-11(2)7-12(8-19)24-10-22-15-16(20-9-21-17(15)24)23-14-6-4-3-5-13(14)18(25)26/h3-6,9-12H,7-8H2,1-2H3,(H,25,26)(H,20,21,23). The summed E-state index contributed by atoms with van der Waals surface area (Å²) in [6.07, 6.45) is 4.06. The van der Waals surface area contributed by atoms with Gasteiger partial charge in [-0.1, -0.05) is 26.0 Å². The molecule has 2 N–H and O–H groups in total. The van der Waals surface area contributed by atoms with E-state index in [1.54, 1.807) is 24.5 Å². The zero-order chi connectivity index (χ0) is 18.7.